The van der Waals surface area contributed by atoms with Gasteiger partial charge in [-0.15, -0.1) is 0 Å². The van der Waals surface area contributed by atoms with Crippen molar-refractivity contribution in [3.8, 4) is 11.5 Å². The predicted molar refractivity (Wildman–Crippen MR) is 127 cm³/mol. The first kappa shape index (κ1) is 20.9. The number of carbonyl (C=O) groups excluding carboxylic acids is 1. The summed E-state index contributed by atoms with van der Waals surface area (Å²) in [5.74, 6) is 0.688. The number of halogens is 1. The van der Waals surface area contributed by atoms with Gasteiger partial charge in [-0.3, -0.25) is 4.79 Å². The van der Waals surface area contributed by atoms with Crippen molar-refractivity contribution in [3.63, 3.8) is 0 Å². The number of carbonyl (C=O) groups is 1. The molecule has 0 saturated carbocycles. The third-order valence-corrected chi connectivity index (χ3v) is 5.62. The average molecular weight is 431 g/mol. The van der Waals surface area contributed by atoms with Gasteiger partial charge in [0.05, 0.1) is 10.7 Å². The van der Waals surface area contributed by atoms with E-state index in [1.165, 1.54) is 11.6 Å². The molecule has 1 unspecified atom stereocenters. The Morgan fingerprint density at radius 1 is 1.13 bits per heavy atom. The number of aromatic nitrogens is 1. The summed E-state index contributed by atoms with van der Waals surface area (Å²) in [7, 11) is 0. The largest absolute Gasteiger partial charge is 0.436 e. The highest BCUT2D eigenvalue weighted by Crippen LogP contribution is 2.31. The third kappa shape index (κ3) is 4.86. The summed E-state index contributed by atoms with van der Waals surface area (Å²) < 4.78 is 5.95. The van der Waals surface area contributed by atoms with Crippen molar-refractivity contribution < 1.29 is 9.21 Å². The number of oxazole rings is 1. The van der Waals surface area contributed by atoms with Crippen molar-refractivity contribution >= 4 is 40.4 Å². The Morgan fingerprint density at radius 2 is 1.94 bits per heavy atom. The summed E-state index contributed by atoms with van der Waals surface area (Å²) in [6.07, 6.45) is 4.30. The minimum atomic E-state index is -0.265. The van der Waals surface area contributed by atoms with Crippen LogP contribution in [0.15, 0.2) is 77.2 Å². The smallest absolute Gasteiger partial charge is 0.248 e. The van der Waals surface area contributed by atoms with Gasteiger partial charge in [0.2, 0.25) is 11.8 Å². The highest BCUT2D eigenvalue weighted by atomic mass is 35.5. The summed E-state index contributed by atoms with van der Waals surface area (Å²) in [5, 5.41) is 3.27. The Labute approximate surface area is 186 Å². The molecular formula is C26H23ClN2O2. The normalized spacial score (nSPS) is 12.4. The minimum Gasteiger partial charge on any atom is -0.436 e. The van der Waals surface area contributed by atoms with Crippen LogP contribution in [0.5, 0.6) is 0 Å². The summed E-state index contributed by atoms with van der Waals surface area (Å²) in [4.78, 5) is 17.0. The maximum atomic E-state index is 12.4. The number of hydrogen-bond donors (Lipinski definition) is 1. The Hall–Kier alpha value is -3.37. The van der Waals surface area contributed by atoms with Crippen molar-refractivity contribution in [3.05, 3.63) is 89.0 Å². The molecule has 4 nitrogen and oxygen atoms in total. The van der Waals surface area contributed by atoms with E-state index >= 15 is 0 Å². The van der Waals surface area contributed by atoms with Crippen LogP contribution in [0.3, 0.4) is 0 Å². The number of anilines is 1. The fourth-order valence-corrected chi connectivity index (χ4v) is 3.44. The molecular weight excluding hydrogens is 408 g/mol. The topological polar surface area (TPSA) is 55.1 Å². The lowest BCUT2D eigenvalue weighted by Crippen LogP contribution is -2.08. The van der Waals surface area contributed by atoms with Crippen LogP contribution in [0.25, 0.3) is 28.6 Å². The molecule has 4 rings (SSSR count). The van der Waals surface area contributed by atoms with Crippen molar-refractivity contribution in [2.45, 2.75) is 26.2 Å². The quantitative estimate of drug-likeness (QED) is 0.326. The summed E-state index contributed by atoms with van der Waals surface area (Å²) in [6, 6.07) is 21.1. The molecule has 0 bridgehead atoms. The van der Waals surface area contributed by atoms with Crippen molar-refractivity contribution in [2.75, 3.05) is 5.32 Å². The zero-order chi connectivity index (χ0) is 21.8. The molecule has 31 heavy (non-hydrogen) atoms. The van der Waals surface area contributed by atoms with Gasteiger partial charge in [0.25, 0.3) is 0 Å². The molecule has 1 atom stereocenters. The van der Waals surface area contributed by atoms with Crippen LogP contribution in [-0.2, 0) is 4.79 Å². The zero-order valence-electron chi connectivity index (χ0n) is 17.4. The lowest BCUT2D eigenvalue weighted by Gasteiger charge is -2.07. The molecule has 3 aromatic carbocycles. The highest BCUT2D eigenvalue weighted by molar-refractivity contribution is 6.34. The van der Waals surface area contributed by atoms with Gasteiger partial charge in [-0.25, -0.2) is 4.98 Å². The Balaban J connectivity index is 1.57. The molecule has 0 radical (unpaired) electrons. The fourth-order valence-electron chi connectivity index (χ4n) is 3.27. The maximum Gasteiger partial charge on any atom is 0.248 e. The molecule has 4 aromatic rings. The van der Waals surface area contributed by atoms with Gasteiger partial charge in [-0.05, 0) is 59.9 Å². The van der Waals surface area contributed by atoms with Crippen LogP contribution in [0, 0.1) is 0 Å². The fraction of sp³-hybridized carbons (Fsp3) is 0.154. The standard InChI is InChI=1S/C26H23ClN2O2/c1-3-17(2)19-11-13-24-23(15-19)29-26(31-24)20-10-12-21(27)22(16-20)28-25(30)14-9-18-7-5-4-6-8-18/h4-17H,3H2,1-2H3,(H,28,30). The van der Waals surface area contributed by atoms with Crippen LogP contribution in [0.4, 0.5) is 5.69 Å². The first-order valence-corrected chi connectivity index (χ1v) is 10.7. The molecule has 1 amide bonds. The van der Waals surface area contributed by atoms with E-state index in [1.54, 1.807) is 18.2 Å². The van der Waals surface area contributed by atoms with Crippen LogP contribution in [0.2, 0.25) is 5.02 Å². The monoisotopic (exact) mass is 430 g/mol. The van der Waals surface area contributed by atoms with Crippen LogP contribution in [0.1, 0.15) is 37.3 Å². The van der Waals surface area contributed by atoms with Gasteiger partial charge in [-0.1, -0.05) is 61.8 Å². The van der Waals surface area contributed by atoms with Crippen LogP contribution >= 0.6 is 11.6 Å². The Kier molecular flexibility index (Phi) is 6.19. The van der Waals surface area contributed by atoms with E-state index in [0.29, 0.717) is 22.5 Å². The number of nitrogens with one attached hydrogen (secondary N) is 1. The second kappa shape index (κ2) is 9.19. The van der Waals surface area contributed by atoms with Gasteiger partial charge in [0.1, 0.15) is 5.52 Å². The third-order valence-electron chi connectivity index (χ3n) is 5.29. The molecule has 1 aromatic heterocycles. The maximum absolute atomic E-state index is 12.4. The van der Waals surface area contributed by atoms with Gasteiger partial charge in [0.15, 0.2) is 5.58 Å². The first-order valence-electron chi connectivity index (χ1n) is 10.3. The molecule has 5 heteroatoms. The van der Waals surface area contributed by atoms with Gasteiger partial charge < -0.3 is 9.73 Å². The van der Waals surface area contributed by atoms with Crippen molar-refractivity contribution in [1.82, 2.24) is 4.98 Å². The zero-order valence-corrected chi connectivity index (χ0v) is 18.2. The molecule has 0 spiro atoms. The second-order valence-corrected chi connectivity index (χ2v) is 7.89. The summed E-state index contributed by atoms with van der Waals surface area (Å²) in [5.41, 5.74) is 4.98. The SMILES string of the molecule is CCC(C)c1ccc2oc(-c3ccc(Cl)c(NC(=O)C=Cc4ccccc4)c3)nc2c1. The summed E-state index contributed by atoms with van der Waals surface area (Å²) in [6.45, 7) is 4.37. The molecule has 1 heterocycles. The lowest BCUT2D eigenvalue weighted by molar-refractivity contribution is -0.111. The number of amides is 1. The van der Waals surface area contributed by atoms with E-state index in [0.717, 1.165) is 28.6 Å². The highest BCUT2D eigenvalue weighted by Gasteiger charge is 2.13. The second-order valence-electron chi connectivity index (χ2n) is 7.48. The van der Waals surface area contributed by atoms with Crippen molar-refractivity contribution in [2.24, 2.45) is 0 Å². The number of fused-ring (bicyclic) bond motifs is 1. The molecule has 0 aliphatic carbocycles. The minimum absolute atomic E-state index is 0.265. The van der Waals surface area contributed by atoms with Gasteiger partial charge >= 0.3 is 0 Å². The molecule has 0 fully saturated rings. The number of nitrogens with zero attached hydrogens (tertiary/aromatic N) is 1. The molecule has 0 aliphatic rings. The van der Waals surface area contributed by atoms with Gasteiger partial charge in [-0.2, -0.15) is 0 Å². The summed E-state index contributed by atoms with van der Waals surface area (Å²) >= 11 is 6.31. The predicted octanol–water partition coefficient (Wildman–Crippen LogP) is 7.31. The Bertz CT molecular complexity index is 1240. The number of benzene rings is 3. The van der Waals surface area contributed by atoms with Crippen LogP contribution in [-0.4, -0.2) is 10.9 Å². The molecule has 156 valence electrons. The molecule has 0 aliphatic heterocycles. The number of hydrogen-bond acceptors (Lipinski definition) is 3. The van der Waals surface area contributed by atoms with E-state index in [4.69, 9.17) is 16.0 Å². The molecule has 1 N–H and O–H groups in total. The van der Waals surface area contributed by atoms with E-state index in [2.05, 4.69) is 36.3 Å². The van der Waals surface area contributed by atoms with E-state index in [1.807, 2.05) is 42.5 Å². The first-order chi connectivity index (χ1) is 15.0. The van der Waals surface area contributed by atoms with Gasteiger partial charge in [0, 0.05) is 11.6 Å². The van der Waals surface area contributed by atoms with E-state index < -0.39 is 0 Å². The Morgan fingerprint density at radius 3 is 2.71 bits per heavy atom. The lowest BCUT2D eigenvalue weighted by atomic mass is 9.98. The van der Waals surface area contributed by atoms with Crippen LogP contribution < -0.4 is 5.32 Å². The van der Waals surface area contributed by atoms with E-state index in [-0.39, 0.29) is 5.91 Å². The molecule has 0 saturated heterocycles. The van der Waals surface area contributed by atoms with Crippen molar-refractivity contribution in [1.29, 1.82) is 0 Å². The number of rotatable bonds is 6. The van der Waals surface area contributed by atoms with E-state index in [9.17, 15) is 4.79 Å². The average Bonchev–Trinajstić information content (AvgIpc) is 3.22.